The number of aryl methyl sites for hydroxylation is 1. The third-order valence-corrected chi connectivity index (χ3v) is 6.02. The molecule has 1 aliphatic heterocycles. The fourth-order valence-corrected chi connectivity index (χ4v) is 4.81. The maximum Gasteiger partial charge on any atom is 0.353 e. The summed E-state index contributed by atoms with van der Waals surface area (Å²) in [5, 5.41) is 11.9. The summed E-state index contributed by atoms with van der Waals surface area (Å²) in [6.45, 7) is 4.28. The number of aromatic carboxylic acids is 1. The fourth-order valence-electron chi connectivity index (χ4n) is 4.04. The number of carbonyl (C=O) groups is 2. The minimum atomic E-state index is -1.10. The van der Waals surface area contributed by atoms with Crippen molar-refractivity contribution in [3.05, 3.63) is 46.5 Å². The number of carboxylic acid groups (broad SMARTS) is 1. The van der Waals surface area contributed by atoms with E-state index in [1.165, 1.54) is 18.3 Å². The molecule has 0 amide bonds. The van der Waals surface area contributed by atoms with Crippen LogP contribution in [-0.4, -0.2) is 35.1 Å². The fraction of sp³-hybridized carbons (Fsp3) is 0.273. The molecule has 0 aliphatic carbocycles. The Labute approximate surface area is 172 Å². The number of thiophene rings is 1. The lowest BCUT2D eigenvalue weighted by atomic mass is 9.93. The van der Waals surface area contributed by atoms with Crippen molar-refractivity contribution in [2.45, 2.75) is 26.8 Å². The number of methoxy groups -OCH3 is 1. The number of hydrogen-bond acceptors (Lipinski definition) is 5. The molecule has 0 radical (unpaired) electrons. The van der Waals surface area contributed by atoms with Gasteiger partial charge in [0.25, 0.3) is 0 Å². The monoisotopic (exact) mass is 411 g/mol. The van der Waals surface area contributed by atoms with Crippen LogP contribution in [0.4, 0.5) is 0 Å². The molecule has 3 aromatic rings. The average molecular weight is 411 g/mol. The lowest BCUT2D eigenvalue weighted by Crippen LogP contribution is -2.17. The van der Waals surface area contributed by atoms with Crippen LogP contribution < -0.4 is 9.47 Å². The van der Waals surface area contributed by atoms with Crippen molar-refractivity contribution in [3.8, 4) is 33.2 Å². The van der Waals surface area contributed by atoms with Gasteiger partial charge in [-0.3, -0.25) is 4.79 Å². The Morgan fingerprint density at radius 3 is 2.66 bits per heavy atom. The Bertz CT molecular complexity index is 1110. The van der Waals surface area contributed by atoms with Gasteiger partial charge in [0.1, 0.15) is 5.69 Å². The van der Waals surface area contributed by atoms with Crippen LogP contribution in [0, 0.1) is 0 Å². The van der Waals surface area contributed by atoms with Crippen LogP contribution in [0.1, 0.15) is 40.3 Å². The Hall–Kier alpha value is -3.06. The second-order valence-corrected chi connectivity index (χ2v) is 7.73. The van der Waals surface area contributed by atoms with E-state index in [-0.39, 0.29) is 17.0 Å². The number of carbonyl (C=O) groups excluding carboxylic acids is 1. The molecule has 0 fully saturated rings. The average Bonchev–Trinajstić information content (AvgIpc) is 3.33. The first-order valence-electron chi connectivity index (χ1n) is 9.36. The normalized spacial score (nSPS) is 12.2. The zero-order chi connectivity index (χ0) is 20.7. The zero-order valence-electron chi connectivity index (χ0n) is 16.4. The molecule has 1 aromatic carbocycles. The molecular weight excluding hydrogens is 390 g/mol. The van der Waals surface area contributed by atoms with Gasteiger partial charge in [-0.2, -0.15) is 0 Å². The van der Waals surface area contributed by atoms with E-state index in [1.807, 2.05) is 36.6 Å². The smallest absolute Gasteiger partial charge is 0.353 e. The minimum Gasteiger partial charge on any atom is -0.493 e. The second kappa shape index (κ2) is 7.40. The maximum absolute atomic E-state index is 12.6. The summed E-state index contributed by atoms with van der Waals surface area (Å²) < 4.78 is 13.0. The lowest BCUT2D eigenvalue weighted by molar-refractivity contribution is 0.0680. The van der Waals surface area contributed by atoms with Crippen LogP contribution in [0.15, 0.2) is 29.6 Å². The molecule has 3 heterocycles. The van der Waals surface area contributed by atoms with Gasteiger partial charge in [0.2, 0.25) is 0 Å². The summed E-state index contributed by atoms with van der Waals surface area (Å²) in [6, 6.07) is 7.66. The molecule has 1 aliphatic rings. The highest BCUT2D eigenvalue weighted by Crippen LogP contribution is 2.47. The predicted octanol–water partition coefficient (Wildman–Crippen LogP) is 4.75. The number of rotatable bonds is 6. The standard InChI is InChI=1S/C22H21NO5S/c1-4-28-16-11-14-13(10-15(16)27-3)7-8-23-20(14)19(17-6-5-9-29-17)18(12(2)24)21(23)22(25)26/h5-6,9-11H,4,7-8H2,1-3H3,(H,25,26). The SMILES string of the molecule is CCOc1cc2c(cc1OC)CCn1c(C(=O)O)c(C(C)=O)c(-c3cccs3)c1-2. The number of nitrogens with zero attached hydrogens (tertiary/aromatic N) is 1. The molecule has 6 nitrogen and oxygen atoms in total. The van der Waals surface area contributed by atoms with E-state index < -0.39 is 5.97 Å². The highest BCUT2D eigenvalue weighted by molar-refractivity contribution is 7.13. The van der Waals surface area contributed by atoms with E-state index in [0.29, 0.717) is 36.6 Å². The van der Waals surface area contributed by atoms with Gasteiger partial charge in [-0.05, 0) is 49.4 Å². The van der Waals surface area contributed by atoms with E-state index in [2.05, 4.69) is 0 Å². The van der Waals surface area contributed by atoms with Crippen molar-refractivity contribution in [1.82, 2.24) is 4.57 Å². The summed E-state index contributed by atoms with van der Waals surface area (Å²) in [6.07, 6.45) is 0.640. The molecule has 29 heavy (non-hydrogen) atoms. The van der Waals surface area contributed by atoms with Gasteiger partial charge >= 0.3 is 5.97 Å². The van der Waals surface area contributed by atoms with Crippen LogP contribution in [0.2, 0.25) is 0 Å². The largest absolute Gasteiger partial charge is 0.493 e. The molecule has 0 bridgehead atoms. The number of hydrogen-bond donors (Lipinski definition) is 1. The molecule has 0 spiro atoms. The summed E-state index contributed by atoms with van der Waals surface area (Å²) in [4.78, 5) is 25.6. The minimum absolute atomic E-state index is 0.0512. The van der Waals surface area contributed by atoms with Gasteiger partial charge in [0.15, 0.2) is 17.3 Å². The van der Waals surface area contributed by atoms with Gasteiger partial charge in [-0.15, -0.1) is 11.3 Å². The second-order valence-electron chi connectivity index (χ2n) is 6.78. The van der Waals surface area contributed by atoms with Crippen LogP contribution in [0.5, 0.6) is 11.5 Å². The molecular formula is C22H21NO5S. The molecule has 4 rings (SSSR count). The van der Waals surface area contributed by atoms with Gasteiger partial charge in [-0.25, -0.2) is 4.79 Å². The number of ether oxygens (including phenoxy) is 2. The van der Waals surface area contributed by atoms with E-state index >= 15 is 0 Å². The number of carboxylic acids is 1. The quantitative estimate of drug-likeness (QED) is 0.593. The molecule has 1 N–H and O–H groups in total. The van der Waals surface area contributed by atoms with Crippen molar-refractivity contribution < 1.29 is 24.2 Å². The Morgan fingerprint density at radius 1 is 1.28 bits per heavy atom. The summed E-state index contributed by atoms with van der Waals surface area (Å²) >= 11 is 1.49. The first kappa shape index (κ1) is 19.3. The predicted molar refractivity (Wildman–Crippen MR) is 112 cm³/mol. The van der Waals surface area contributed by atoms with E-state index in [9.17, 15) is 14.7 Å². The number of ketones is 1. The summed E-state index contributed by atoms with van der Waals surface area (Å²) in [7, 11) is 1.60. The Kier molecular flexibility index (Phi) is 4.92. The van der Waals surface area contributed by atoms with E-state index in [1.54, 1.807) is 11.7 Å². The summed E-state index contributed by atoms with van der Waals surface area (Å²) in [5.41, 5.74) is 3.66. The number of aromatic nitrogens is 1. The first-order valence-corrected chi connectivity index (χ1v) is 10.2. The van der Waals surface area contributed by atoms with Crippen molar-refractivity contribution in [3.63, 3.8) is 0 Å². The van der Waals surface area contributed by atoms with Crippen LogP contribution in [-0.2, 0) is 13.0 Å². The Morgan fingerprint density at radius 2 is 2.07 bits per heavy atom. The topological polar surface area (TPSA) is 77.8 Å². The summed E-state index contributed by atoms with van der Waals surface area (Å²) in [5.74, 6) is -0.107. The highest BCUT2D eigenvalue weighted by Gasteiger charge is 2.34. The molecule has 0 atom stereocenters. The van der Waals surface area contributed by atoms with Crippen molar-refractivity contribution in [1.29, 1.82) is 0 Å². The molecule has 0 saturated carbocycles. The van der Waals surface area contributed by atoms with Gasteiger partial charge < -0.3 is 19.1 Å². The molecule has 2 aromatic heterocycles. The maximum atomic E-state index is 12.6. The number of fused-ring (bicyclic) bond motifs is 3. The van der Waals surface area contributed by atoms with E-state index in [0.717, 1.165) is 21.7 Å². The zero-order valence-corrected chi connectivity index (χ0v) is 17.3. The molecule has 150 valence electrons. The molecule has 0 unspecified atom stereocenters. The van der Waals surface area contributed by atoms with Gasteiger partial charge in [-0.1, -0.05) is 6.07 Å². The van der Waals surface area contributed by atoms with Crippen molar-refractivity contribution >= 4 is 23.1 Å². The van der Waals surface area contributed by atoms with Gasteiger partial charge in [0.05, 0.1) is 25.0 Å². The van der Waals surface area contributed by atoms with Crippen LogP contribution >= 0.6 is 11.3 Å². The van der Waals surface area contributed by atoms with Crippen molar-refractivity contribution in [2.75, 3.05) is 13.7 Å². The van der Waals surface area contributed by atoms with E-state index in [4.69, 9.17) is 9.47 Å². The molecule has 0 saturated heterocycles. The molecule has 7 heteroatoms. The highest BCUT2D eigenvalue weighted by atomic mass is 32.1. The van der Waals surface area contributed by atoms with Crippen LogP contribution in [0.25, 0.3) is 21.7 Å². The lowest BCUT2D eigenvalue weighted by Gasteiger charge is -2.23. The third-order valence-electron chi connectivity index (χ3n) is 5.13. The van der Waals surface area contributed by atoms with Gasteiger partial charge in [0, 0.05) is 22.5 Å². The Balaban J connectivity index is 2.10. The number of benzene rings is 1. The third kappa shape index (κ3) is 3.02. The van der Waals surface area contributed by atoms with Crippen LogP contribution in [0.3, 0.4) is 0 Å². The van der Waals surface area contributed by atoms with Crippen molar-refractivity contribution in [2.24, 2.45) is 0 Å². The first-order chi connectivity index (χ1) is 14.0. The number of Topliss-reactive ketones (excluding diaryl/α,β-unsaturated/α-hetero) is 1.